The maximum atomic E-state index is 14.0. The molecule has 5 aromatic rings. The Labute approximate surface area is 553 Å². The lowest BCUT2D eigenvalue weighted by atomic mass is 9.94. The first-order valence-electron chi connectivity index (χ1n) is 31.8. The second kappa shape index (κ2) is 32.0. The van der Waals surface area contributed by atoms with Gasteiger partial charge in [0, 0.05) is 58.4 Å². The average Bonchev–Trinajstić information content (AvgIpc) is 0.753. The van der Waals surface area contributed by atoms with Crippen molar-refractivity contribution in [2.45, 2.75) is 190 Å². The molecule has 0 aliphatic carbocycles. The van der Waals surface area contributed by atoms with E-state index >= 15 is 0 Å². The molecule has 5 aromatic carbocycles. The Kier molecular flexibility index (Phi) is 22.9. The van der Waals surface area contributed by atoms with E-state index in [1.807, 2.05) is 127 Å². The van der Waals surface area contributed by atoms with E-state index in [1.165, 1.54) is 7.11 Å². The molecular weight excluding hydrogens is 1260 g/mol. The molecule has 26 heteroatoms. The van der Waals surface area contributed by atoms with Gasteiger partial charge in [-0.1, -0.05) is 152 Å². The third-order valence-electron chi connectivity index (χ3n) is 17.0. The van der Waals surface area contributed by atoms with Crippen LogP contribution >= 0.6 is 0 Å². The predicted octanol–water partition coefficient (Wildman–Crippen LogP) is 6.49. The molecule has 23 atom stereocenters. The summed E-state index contributed by atoms with van der Waals surface area (Å²) < 4.78 is 139. The first kappa shape index (κ1) is 68.7. The lowest BCUT2D eigenvalue weighted by Crippen LogP contribution is -2.70. The van der Waals surface area contributed by atoms with Gasteiger partial charge in [0.05, 0.1) is 33.0 Å². The van der Waals surface area contributed by atoms with Crippen LogP contribution < -0.4 is 0 Å². The second-order valence-corrected chi connectivity index (χ2v) is 23.9. The van der Waals surface area contributed by atoms with Crippen molar-refractivity contribution in [1.29, 1.82) is 0 Å². The molecular formula is C70H78O26. The molecule has 0 radical (unpaired) electrons. The summed E-state index contributed by atoms with van der Waals surface area (Å²) in [6.45, 7) is 4.91. The predicted molar refractivity (Wildman–Crippen MR) is 325 cm³/mol. The Balaban J connectivity index is 0.970. The lowest BCUT2D eigenvalue weighted by Gasteiger charge is -2.54. The van der Waals surface area contributed by atoms with E-state index < -0.39 is 178 Å². The number of benzene rings is 5. The highest BCUT2D eigenvalue weighted by Crippen LogP contribution is 2.45. The van der Waals surface area contributed by atoms with Gasteiger partial charge in [0.1, 0.15) is 79.9 Å². The number of rotatable bonds is 22. The van der Waals surface area contributed by atoms with E-state index in [0.29, 0.717) is 11.1 Å². The van der Waals surface area contributed by atoms with Crippen LogP contribution in [0.2, 0.25) is 0 Å². The van der Waals surface area contributed by atoms with Gasteiger partial charge in [-0.2, -0.15) is 0 Å². The highest BCUT2D eigenvalue weighted by Gasteiger charge is 2.62. The maximum absolute atomic E-state index is 14.0. The minimum absolute atomic E-state index is 0.0170. The van der Waals surface area contributed by atoms with Gasteiger partial charge >= 0.3 is 29.8 Å². The number of esters is 5. The molecule has 514 valence electrons. The second-order valence-electron chi connectivity index (χ2n) is 23.9. The van der Waals surface area contributed by atoms with E-state index in [1.54, 1.807) is 24.3 Å². The highest BCUT2D eigenvalue weighted by atomic mass is 16.8. The third-order valence-corrected chi connectivity index (χ3v) is 17.0. The summed E-state index contributed by atoms with van der Waals surface area (Å²) in [7, 11) is 1.47. The minimum atomic E-state index is -1.85. The van der Waals surface area contributed by atoms with Gasteiger partial charge in [-0.25, -0.2) is 0 Å². The molecule has 0 saturated carbocycles. The van der Waals surface area contributed by atoms with Gasteiger partial charge in [0.2, 0.25) is 0 Å². The van der Waals surface area contributed by atoms with Gasteiger partial charge in [0.25, 0.3) is 0 Å². The Morgan fingerprint density at radius 3 is 1.09 bits per heavy atom. The van der Waals surface area contributed by atoms with Crippen molar-refractivity contribution in [3.8, 4) is 0 Å². The first-order chi connectivity index (χ1) is 46.6. The Morgan fingerprint density at radius 2 is 0.688 bits per heavy atom. The summed E-state index contributed by atoms with van der Waals surface area (Å²) in [4.78, 5) is 65.7. The molecule has 0 N–H and O–H groups in total. The van der Waals surface area contributed by atoms with Gasteiger partial charge in [0.15, 0.2) is 68.4 Å². The Hall–Kier alpha value is -7.19. The largest absolute Gasteiger partial charge is 0.463 e. The summed E-state index contributed by atoms with van der Waals surface area (Å²) in [6.07, 6.45) is -29.9. The van der Waals surface area contributed by atoms with E-state index in [-0.39, 0.29) is 33.0 Å². The first-order valence-corrected chi connectivity index (χ1v) is 31.8. The van der Waals surface area contributed by atoms with Crippen LogP contribution in [-0.4, -0.2) is 186 Å². The number of methoxy groups -OCH3 is 1. The molecule has 0 bridgehead atoms. The van der Waals surface area contributed by atoms with Crippen LogP contribution in [0.3, 0.4) is 0 Å². The smallest absolute Gasteiger partial charge is 0.303 e. The van der Waals surface area contributed by atoms with Crippen LogP contribution in [-0.2, 0) is 137 Å². The van der Waals surface area contributed by atoms with Crippen molar-refractivity contribution in [2.75, 3.05) is 33.5 Å². The summed E-state index contributed by atoms with van der Waals surface area (Å²) in [5, 5.41) is 0. The van der Waals surface area contributed by atoms with Gasteiger partial charge in [-0.05, 0) is 11.1 Å². The summed E-state index contributed by atoms with van der Waals surface area (Å²) >= 11 is 0. The lowest BCUT2D eigenvalue weighted by molar-refractivity contribution is -0.433. The number of hydrogen-bond acceptors (Lipinski definition) is 26. The summed E-state index contributed by atoms with van der Waals surface area (Å²) in [5.41, 5.74) is 3.64. The quantitative estimate of drug-likeness (QED) is 0.0528. The minimum Gasteiger partial charge on any atom is -0.463 e. The monoisotopic (exact) mass is 1330 g/mol. The van der Waals surface area contributed by atoms with Crippen LogP contribution in [0.15, 0.2) is 152 Å². The SMILES string of the molecule is CO[C@H]1O[C@@H]2COC(c3ccccc3)O[C@H]2[C@H](OCc2ccccc2)[C@@H]1O[C@H]1O[C@@H]2COC(c3ccccc3)O[C@H]2[C@H](OCc2ccccc2)[C@@H]1O[C@H]1O[C@@H]2COC(c3ccccc3)O[C@H]2[C@H](O[C@H]2O[C@H](COC(C)=O)[C@@H](OC(C)=O)[C@H](OC(C)=O)[C@@H]2OC(C)=O)[C@@H]1OC(C)=O. The molecule has 0 aromatic heterocycles. The van der Waals surface area contributed by atoms with E-state index in [4.69, 9.17) is 99.5 Å². The summed E-state index contributed by atoms with van der Waals surface area (Å²) in [5.74, 6) is -4.25. The molecule has 3 unspecified atom stereocenters. The molecule has 12 rings (SSSR count). The van der Waals surface area contributed by atoms with Gasteiger partial charge in [-0.3, -0.25) is 24.0 Å². The van der Waals surface area contributed by atoms with Crippen molar-refractivity contribution < 1.29 is 123 Å². The summed E-state index contributed by atoms with van der Waals surface area (Å²) in [6, 6.07) is 46.7. The Bertz CT molecular complexity index is 3340. The van der Waals surface area contributed by atoms with Crippen molar-refractivity contribution in [2.24, 2.45) is 0 Å². The van der Waals surface area contributed by atoms with Crippen LogP contribution in [0.4, 0.5) is 0 Å². The molecule has 7 aliphatic heterocycles. The highest BCUT2D eigenvalue weighted by molar-refractivity contribution is 5.69. The third kappa shape index (κ3) is 16.5. The zero-order chi connectivity index (χ0) is 66.8. The van der Waals surface area contributed by atoms with Crippen LogP contribution in [0.1, 0.15) is 81.3 Å². The Morgan fingerprint density at radius 1 is 0.354 bits per heavy atom. The number of hydrogen-bond donors (Lipinski definition) is 0. The standard InChI is InChI=1S/C70H78O26/c1-38(71)77-34-48-54(83-39(2)72)58(84-40(3)73)62(85-41(4)74)69(88-48)94-59-55-51(37-82-66(93-55)47-30-20-11-21-31-47)90-70(63(59)86-42(5)75)96-61-57(79-33-44-24-14-8-15-25-44)53-50(36-81-65(92-53)46-28-18-10-19-29-46)89-68(61)95-60-56(78-32-43-22-12-7-13-23-43)52-49(87-67(60)76-6)35-80-64(91-52)45-26-16-9-17-27-45/h7-31,48-70H,32-37H2,1-6H3/t48-,49-,50-,51-,52-,53-,54-,55-,56+,57+,58+,59+,60+,61+,62+,63+,64?,65?,66?,67+,68-,69-,70-/m1/s1. The van der Waals surface area contributed by atoms with Crippen molar-refractivity contribution in [1.82, 2.24) is 0 Å². The topological polar surface area (TPSA) is 279 Å². The molecule has 7 aliphatic rings. The van der Waals surface area contributed by atoms with Crippen LogP contribution in [0.25, 0.3) is 0 Å². The van der Waals surface area contributed by atoms with E-state index in [9.17, 15) is 24.0 Å². The molecule has 0 amide bonds. The number of carbonyl (C=O) groups is 5. The molecule has 26 nitrogen and oxygen atoms in total. The molecule has 7 fully saturated rings. The molecule has 7 saturated heterocycles. The average molecular weight is 1340 g/mol. The molecule has 0 spiro atoms. The van der Waals surface area contributed by atoms with Crippen LogP contribution in [0.5, 0.6) is 0 Å². The fourth-order valence-electron chi connectivity index (χ4n) is 12.8. The zero-order valence-electron chi connectivity index (χ0n) is 53.6. The normalized spacial score (nSPS) is 34.9. The number of fused-ring (bicyclic) bond motifs is 3. The maximum Gasteiger partial charge on any atom is 0.303 e. The number of ether oxygens (including phenoxy) is 21. The van der Waals surface area contributed by atoms with Gasteiger partial charge in [-0.15, -0.1) is 0 Å². The van der Waals surface area contributed by atoms with Crippen molar-refractivity contribution >= 4 is 29.8 Å². The van der Waals surface area contributed by atoms with Crippen LogP contribution in [0, 0.1) is 0 Å². The van der Waals surface area contributed by atoms with Crippen molar-refractivity contribution in [3.05, 3.63) is 179 Å². The number of carbonyl (C=O) groups excluding carboxylic acids is 5. The molecule has 96 heavy (non-hydrogen) atoms. The van der Waals surface area contributed by atoms with E-state index in [0.717, 1.165) is 51.3 Å². The van der Waals surface area contributed by atoms with Crippen molar-refractivity contribution in [3.63, 3.8) is 0 Å². The fraction of sp³-hybridized carbons (Fsp3) is 0.500. The molecule has 7 heterocycles. The van der Waals surface area contributed by atoms with E-state index in [2.05, 4.69) is 0 Å². The fourth-order valence-corrected chi connectivity index (χ4v) is 12.8. The zero-order valence-corrected chi connectivity index (χ0v) is 53.6. The van der Waals surface area contributed by atoms with Gasteiger partial charge < -0.3 is 99.5 Å².